The van der Waals surface area contributed by atoms with E-state index in [2.05, 4.69) is 27.7 Å². The predicted octanol–water partition coefficient (Wildman–Crippen LogP) is 4.71. The highest BCUT2D eigenvalue weighted by molar-refractivity contribution is 5.89. The topological polar surface area (TPSA) is 47.4 Å². The standard InChI is InChI=1S/C25H28FN3O2/c1-25(2,26)17-28-11-8-19(9-12-28)22-14-21-10-13-29(23(21)27-15-22)16-18-4-6-20(7-5-18)24(30)31-3/h4-8,10,13-15H,9,11-12,16-17H2,1-3H3. The van der Waals surface area contributed by atoms with Gasteiger partial charge in [0.2, 0.25) is 0 Å². The van der Waals surface area contributed by atoms with Gasteiger partial charge in [0.15, 0.2) is 0 Å². The van der Waals surface area contributed by atoms with Crippen LogP contribution >= 0.6 is 0 Å². The normalized spacial score (nSPS) is 15.2. The van der Waals surface area contributed by atoms with Gasteiger partial charge in [0, 0.05) is 44.0 Å². The van der Waals surface area contributed by atoms with E-state index < -0.39 is 5.67 Å². The molecule has 0 atom stereocenters. The number of alkyl halides is 1. The van der Waals surface area contributed by atoms with Crippen molar-refractivity contribution in [3.8, 4) is 0 Å². The summed E-state index contributed by atoms with van der Waals surface area (Å²) in [4.78, 5) is 18.5. The first-order valence-electron chi connectivity index (χ1n) is 10.6. The predicted molar refractivity (Wildman–Crippen MR) is 121 cm³/mol. The van der Waals surface area contributed by atoms with E-state index in [0.717, 1.165) is 41.7 Å². The second kappa shape index (κ2) is 8.63. The van der Waals surface area contributed by atoms with Gasteiger partial charge < -0.3 is 9.30 Å². The Morgan fingerprint density at radius 3 is 2.65 bits per heavy atom. The molecule has 3 heterocycles. The summed E-state index contributed by atoms with van der Waals surface area (Å²) >= 11 is 0. The van der Waals surface area contributed by atoms with Crippen molar-refractivity contribution in [3.63, 3.8) is 0 Å². The zero-order valence-corrected chi connectivity index (χ0v) is 18.3. The molecule has 4 rings (SSSR count). The number of fused-ring (bicyclic) bond motifs is 1. The van der Waals surface area contributed by atoms with Crippen molar-refractivity contribution in [2.75, 3.05) is 26.7 Å². The summed E-state index contributed by atoms with van der Waals surface area (Å²) in [6.45, 7) is 6.01. The van der Waals surface area contributed by atoms with Crippen molar-refractivity contribution in [2.24, 2.45) is 0 Å². The molecule has 162 valence electrons. The van der Waals surface area contributed by atoms with Gasteiger partial charge in [-0.1, -0.05) is 18.2 Å². The molecule has 0 fully saturated rings. The fourth-order valence-electron chi connectivity index (χ4n) is 4.09. The summed E-state index contributed by atoms with van der Waals surface area (Å²) in [5, 5.41) is 1.09. The Morgan fingerprint density at radius 1 is 1.23 bits per heavy atom. The molecule has 0 bridgehead atoms. The highest BCUT2D eigenvalue weighted by atomic mass is 19.1. The average Bonchev–Trinajstić information content (AvgIpc) is 3.15. The molecule has 31 heavy (non-hydrogen) atoms. The number of benzene rings is 1. The van der Waals surface area contributed by atoms with E-state index in [-0.39, 0.29) is 5.97 Å². The molecule has 6 heteroatoms. The van der Waals surface area contributed by atoms with Crippen molar-refractivity contribution in [1.29, 1.82) is 0 Å². The minimum Gasteiger partial charge on any atom is -0.465 e. The average molecular weight is 422 g/mol. The number of carbonyl (C=O) groups excluding carboxylic acids is 1. The molecule has 0 aliphatic carbocycles. The van der Waals surface area contributed by atoms with Crippen LogP contribution in [0, 0.1) is 0 Å². The summed E-state index contributed by atoms with van der Waals surface area (Å²) < 4.78 is 20.8. The van der Waals surface area contributed by atoms with Crippen LogP contribution in [0.15, 0.2) is 54.9 Å². The number of halogens is 1. The number of rotatable bonds is 6. The van der Waals surface area contributed by atoms with E-state index in [1.54, 1.807) is 26.0 Å². The van der Waals surface area contributed by atoms with Crippen molar-refractivity contribution in [1.82, 2.24) is 14.5 Å². The van der Waals surface area contributed by atoms with Crippen LogP contribution in [0.1, 0.15) is 41.8 Å². The number of hydrogen-bond donors (Lipinski definition) is 0. The Balaban J connectivity index is 1.48. The fourth-order valence-corrected chi connectivity index (χ4v) is 4.09. The number of nitrogens with zero attached hydrogens (tertiary/aromatic N) is 3. The smallest absolute Gasteiger partial charge is 0.337 e. The van der Waals surface area contributed by atoms with Crippen molar-refractivity contribution < 1.29 is 13.9 Å². The minimum atomic E-state index is -1.17. The van der Waals surface area contributed by atoms with Crippen molar-refractivity contribution >= 4 is 22.6 Å². The molecule has 0 spiro atoms. The van der Waals surface area contributed by atoms with Crippen LogP contribution in [-0.4, -0.2) is 52.8 Å². The minimum absolute atomic E-state index is 0.333. The molecular weight excluding hydrogens is 393 g/mol. The number of pyridine rings is 1. The quantitative estimate of drug-likeness (QED) is 0.541. The van der Waals surface area contributed by atoms with Gasteiger partial charge in [-0.15, -0.1) is 0 Å². The van der Waals surface area contributed by atoms with Crippen LogP contribution in [0.25, 0.3) is 16.6 Å². The number of ether oxygens (including phenoxy) is 1. The third kappa shape index (κ3) is 5.02. The van der Waals surface area contributed by atoms with E-state index in [0.29, 0.717) is 18.7 Å². The maximum absolute atomic E-state index is 13.9. The molecule has 2 aromatic heterocycles. The van der Waals surface area contributed by atoms with Gasteiger partial charge in [-0.2, -0.15) is 0 Å². The first-order valence-corrected chi connectivity index (χ1v) is 10.6. The zero-order valence-electron chi connectivity index (χ0n) is 18.3. The number of aromatic nitrogens is 2. The number of esters is 1. The first-order chi connectivity index (χ1) is 14.8. The Hall–Kier alpha value is -2.99. The molecule has 0 saturated heterocycles. The lowest BCUT2D eigenvalue weighted by molar-refractivity contribution is 0.0600. The Bertz CT molecular complexity index is 1110. The molecular formula is C25H28FN3O2. The monoisotopic (exact) mass is 421 g/mol. The lowest BCUT2D eigenvalue weighted by Crippen LogP contribution is -2.38. The second-order valence-corrected chi connectivity index (χ2v) is 8.70. The SMILES string of the molecule is COC(=O)c1ccc(Cn2ccc3cc(C4=CCN(CC(C)(C)F)CC4)cnc32)cc1. The molecule has 1 aliphatic rings. The summed E-state index contributed by atoms with van der Waals surface area (Å²) in [7, 11) is 1.38. The molecule has 5 nitrogen and oxygen atoms in total. The van der Waals surface area contributed by atoms with Crippen LogP contribution in [0.2, 0.25) is 0 Å². The maximum Gasteiger partial charge on any atom is 0.337 e. The van der Waals surface area contributed by atoms with Gasteiger partial charge in [-0.25, -0.2) is 14.2 Å². The van der Waals surface area contributed by atoms with E-state index in [1.807, 2.05) is 24.5 Å². The van der Waals surface area contributed by atoms with E-state index in [4.69, 9.17) is 9.72 Å². The van der Waals surface area contributed by atoms with Gasteiger partial charge in [0.25, 0.3) is 0 Å². The molecule has 1 aliphatic heterocycles. The highest BCUT2D eigenvalue weighted by Crippen LogP contribution is 2.26. The molecule has 0 N–H and O–H groups in total. The molecule has 3 aromatic rings. The molecule has 0 amide bonds. The van der Waals surface area contributed by atoms with Crippen molar-refractivity contribution in [2.45, 2.75) is 32.5 Å². The lowest BCUT2D eigenvalue weighted by atomic mass is 9.99. The highest BCUT2D eigenvalue weighted by Gasteiger charge is 2.22. The summed E-state index contributed by atoms with van der Waals surface area (Å²) in [6, 6.07) is 11.7. The molecule has 0 radical (unpaired) electrons. The third-order valence-electron chi connectivity index (χ3n) is 5.59. The summed E-state index contributed by atoms with van der Waals surface area (Å²) in [6.07, 6.45) is 7.06. The van der Waals surface area contributed by atoms with Gasteiger partial charge in [-0.05, 0) is 61.2 Å². The van der Waals surface area contributed by atoms with Crippen LogP contribution < -0.4 is 0 Å². The number of carbonyl (C=O) groups is 1. The van der Waals surface area contributed by atoms with Gasteiger partial charge in [-0.3, -0.25) is 4.90 Å². The van der Waals surface area contributed by atoms with Gasteiger partial charge in [0.05, 0.1) is 12.7 Å². The van der Waals surface area contributed by atoms with Crippen LogP contribution in [0.3, 0.4) is 0 Å². The Kier molecular flexibility index (Phi) is 5.92. The van der Waals surface area contributed by atoms with E-state index >= 15 is 0 Å². The maximum atomic E-state index is 13.9. The second-order valence-electron chi connectivity index (χ2n) is 8.70. The fraction of sp³-hybridized carbons (Fsp3) is 0.360. The third-order valence-corrected chi connectivity index (χ3v) is 5.59. The Labute approximate surface area is 182 Å². The lowest BCUT2D eigenvalue weighted by Gasteiger charge is -2.30. The number of hydrogen-bond acceptors (Lipinski definition) is 4. The van der Waals surface area contributed by atoms with Crippen LogP contribution in [0.4, 0.5) is 4.39 Å². The molecule has 0 saturated carbocycles. The van der Waals surface area contributed by atoms with E-state index in [1.165, 1.54) is 12.7 Å². The largest absolute Gasteiger partial charge is 0.465 e. The molecule has 0 unspecified atom stereocenters. The zero-order chi connectivity index (χ0) is 22.0. The van der Waals surface area contributed by atoms with Gasteiger partial charge in [0.1, 0.15) is 11.3 Å². The number of methoxy groups -OCH3 is 1. The molecule has 1 aromatic carbocycles. The summed E-state index contributed by atoms with van der Waals surface area (Å²) in [5.74, 6) is -0.333. The van der Waals surface area contributed by atoms with E-state index in [9.17, 15) is 9.18 Å². The Morgan fingerprint density at radius 2 is 2.00 bits per heavy atom. The summed E-state index contributed by atoms with van der Waals surface area (Å²) in [5.41, 5.74) is 3.79. The van der Waals surface area contributed by atoms with Gasteiger partial charge >= 0.3 is 5.97 Å². The van der Waals surface area contributed by atoms with Crippen LogP contribution in [-0.2, 0) is 11.3 Å². The van der Waals surface area contributed by atoms with Crippen LogP contribution in [0.5, 0.6) is 0 Å². The first kappa shape index (κ1) is 21.2. The van der Waals surface area contributed by atoms with Crippen molar-refractivity contribution in [3.05, 3.63) is 71.6 Å².